The number of ether oxygens (including phenoxy) is 1. The Morgan fingerprint density at radius 3 is 2.58 bits per heavy atom. The van der Waals surface area contributed by atoms with Gasteiger partial charge in [0.25, 0.3) is 0 Å². The average Bonchev–Trinajstić information content (AvgIpc) is 2.38. The van der Waals surface area contributed by atoms with E-state index in [0.717, 1.165) is 13.0 Å². The summed E-state index contributed by atoms with van der Waals surface area (Å²) in [4.78, 5) is 0. The number of aliphatic hydroxyl groups is 2. The normalized spacial score (nSPS) is 14.1. The first-order valence-electron chi connectivity index (χ1n) is 6.50. The third kappa shape index (κ3) is 7.38. The van der Waals surface area contributed by atoms with Gasteiger partial charge in [-0.2, -0.15) is 0 Å². The van der Waals surface area contributed by atoms with E-state index in [0.29, 0.717) is 23.2 Å². The topological polar surface area (TPSA) is 61.7 Å². The number of aliphatic hydroxyl groups excluding tert-OH is 2. The highest BCUT2D eigenvalue weighted by Gasteiger charge is 2.06. The quantitative estimate of drug-likeness (QED) is 0.647. The van der Waals surface area contributed by atoms with Crippen molar-refractivity contribution in [3.8, 4) is 5.75 Å². The number of hydrogen-bond donors (Lipinski definition) is 3. The second-order valence-corrected chi connectivity index (χ2v) is 5.13. The van der Waals surface area contributed by atoms with E-state index in [4.69, 9.17) is 21.4 Å². The summed E-state index contributed by atoms with van der Waals surface area (Å²) >= 11 is 5.77. The fraction of sp³-hybridized carbons (Fsp3) is 0.571. The monoisotopic (exact) mass is 287 g/mol. The Bertz CT molecular complexity index is 345. The molecule has 0 aliphatic heterocycles. The van der Waals surface area contributed by atoms with Gasteiger partial charge in [-0.05, 0) is 43.1 Å². The van der Waals surface area contributed by atoms with Crippen molar-refractivity contribution in [1.82, 2.24) is 5.32 Å². The van der Waals surface area contributed by atoms with E-state index in [2.05, 4.69) is 12.2 Å². The summed E-state index contributed by atoms with van der Waals surface area (Å²) in [5, 5.41) is 22.3. The van der Waals surface area contributed by atoms with E-state index in [9.17, 15) is 5.11 Å². The molecule has 19 heavy (non-hydrogen) atoms. The second-order valence-electron chi connectivity index (χ2n) is 4.69. The van der Waals surface area contributed by atoms with Gasteiger partial charge in [0.05, 0.1) is 0 Å². The average molecular weight is 288 g/mol. The molecule has 1 rings (SSSR count). The summed E-state index contributed by atoms with van der Waals surface area (Å²) in [6.45, 7) is 3.75. The molecule has 0 saturated heterocycles. The molecule has 0 heterocycles. The largest absolute Gasteiger partial charge is 0.491 e. The molecule has 1 aromatic rings. The Balaban J connectivity index is 2.14. The summed E-state index contributed by atoms with van der Waals surface area (Å²) in [5.41, 5.74) is 0. The van der Waals surface area contributed by atoms with Crippen molar-refractivity contribution in [3.63, 3.8) is 0 Å². The minimum absolute atomic E-state index is 0.199. The van der Waals surface area contributed by atoms with E-state index in [1.54, 1.807) is 24.3 Å². The molecule has 0 aliphatic carbocycles. The Kier molecular flexibility index (Phi) is 7.82. The summed E-state index contributed by atoms with van der Waals surface area (Å²) in [6.07, 6.45) is 0.210. The number of halogens is 1. The Morgan fingerprint density at radius 2 is 1.95 bits per heavy atom. The van der Waals surface area contributed by atoms with E-state index in [-0.39, 0.29) is 13.2 Å². The molecule has 0 fully saturated rings. The molecule has 108 valence electrons. The molecule has 0 aromatic heterocycles. The molecule has 0 amide bonds. The first-order chi connectivity index (χ1) is 9.11. The van der Waals surface area contributed by atoms with Crippen LogP contribution in [0.5, 0.6) is 5.75 Å². The van der Waals surface area contributed by atoms with Gasteiger partial charge in [-0.15, -0.1) is 0 Å². The zero-order chi connectivity index (χ0) is 14.1. The molecule has 0 radical (unpaired) electrons. The first kappa shape index (κ1) is 16.2. The van der Waals surface area contributed by atoms with Gasteiger partial charge in [0.15, 0.2) is 0 Å². The summed E-state index contributed by atoms with van der Waals surface area (Å²) in [7, 11) is 0. The lowest BCUT2D eigenvalue weighted by Crippen LogP contribution is -2.34. The predicted molar refractivity (Wildman–Crippen MR) is 76.7 cm³/mol. The van der Waals surface area contributed by atoms with Crippen LogP contribution in [0.4, 0.5) is 0 Å². The van der Waals surface area contributed by atoms with Crippen LogP contribution in [0, 0.1) is 5.92 Å². The Morgan fingerprint density at radius 1 is 1.26 bits per heavy atom. The van der Waals surface area contributed by atoms with Crippen LogP contribution in [0.15, 0.2) is 24.3 Å². The van der Waals surface area contributed by atoms with Crippen LogP contribution in [0.3, 0.4) is 0 Å². The van der Waals surface area contributed by atoms with Gasteiger partial charge >= 0.3 is 0 Å². The third-order valence-corrected chi connectivity index (χ3v) is 3.00. The van der Waals surface area contributed by atoms with Crippen molar-refractivity contribution in [3.05, 3.63) is 29.3 Å². The van der Waals surface area contributed by atoms with Crippen LogP contribution >= 0.6 is 11.6 Å². The molecule has 4 nitrogen and oxygen atoms in total. The van der Waals surface area contributed by atoms with Gasteiger partial charge in [0, 0.05) is 18.2 Å². The van der Waals surface area contributed by atoms with Crippen LogP contribution in [-0.2, 0) is 0 Å². The minimum Gasteiger partial charge on any atom is -0.491 e. The van der Waals surface area contributed by atoms with Crippen LogP contribution < -0.4 is 10.1 Å². The molecule has 0 bridgehead atoms. The van der Waals surface area contributed by atoms with Crippen molar-refractivity contribution in [2.24, 2.45) is 5.92 Å². The van der Waals surface area contributed by atoms with Gasteiger partial charge in [-0.1, -0.05) is 18.5 Å². The van der Waals surface area contributed by atoms with E-state index in [1.807, 2.05) is 0 Å². The molecule has 2 unspecified atom stereocenters. The highest BCUT2D eigenvalue weighted by molar-refractivity contribution is 6.30. The van der Waals surface area contributed by atoms with Gasteiger partial charge in [-0.3, -0.25) is 0 Å². The Labute approximate surface area is 119 Å². The number of rotatable bonds is 9. The molecule has 0 aliphatic rings. The SMILES string of the molecule is CC(CCO)CNCC(O)COc1ccc(Cl)cc1. The molecular formula is C14H22ClNO3. The second kappa shape index (κ2) is 9.15. The molecule has 2 atom stereocenters. The molecule has 0 saturated carbocycles. The lowest BCUT2D eigenvalue weighted by molar-refractivity contribution is 0.105. The maximum absolute atomic E-state index is 9.74. The van der Waals surface area contributed by atoms with E-state index < -0.39 is 6.10 Å². The minimum atomic E-state index is -0.558. The smallest absolute Gasteiger partial charge is 0.119 e. The first-order valence-corrected chi connectivity index (χ1v) is 6.87. The highest BCUT2D eigenvalue weighted by Crippen LogP contribution is 2.15. The van der Waals surface area contributed by atoms with Gasteiger partial charge < -0.3 is 20.3 Å². The zero-order valence-electron chi connectivity index (χ0n) is 11.2. The molecular weight excluding hydrogens is 266 g/mol. The number of benzene rings is 1. The van der Waals surface area contributed by atoms with Crippen molar-refractivity contribution >= 4 is 11.6 Å². The van der Waals surface area contributed by atoms with Crippen molar-refractivity contribution in [1.29, 1.82) is 0 Å². The summed E-state index contributed by atoms with van der Waals surface area (Å²) in [6, 6.07) is 7.04. The van der Waals surface area contributed by atoms with Crippen molar-refractivity contribution < 1.29 is 14.9 Å². The Hall–Kier alpha value is -0.810. The van der Waals surface area contributed by atoms with Crippen LogP contribution in [0.25, 0.3) is 0 Å². The van der Waals surface area contributed by atoms with Crippen LogP contribution in [0.2, 0.25) is 5.02 Å². The lowest BCUT2D eigenvalue weighted by atomic mass is 10.1. The van der Waals surface area contributed by atoms with E-state index >= 15 is 0 Å². The standard InChI is InChI=1S/C14H22ClNO3/c1-11(6-7-17)8-16-9-13(18)10-19-14-4-2-12(15)3-5-14/h2-5,11,13,16-18H,6-10H2,1H3. The summed E-state index contributed by atoms with van der Waals surface area (Å²) < 4.78 is 5.44. The zero-order valence-corrected chi connectivity index (χ0v) is 11.9. The lowest BCUT2D eigenvalue weighted by Gasteiger charge is -2.15. The third-order valence-electron chi connectivity index (χ3n) is 2.75. The number of hydrogen-bond acceptors (Lipinski definition) is 4. The maximum Gasteiger partial charge on any atom is 0.119 e. The van der Waals surface area contributed by atoms with Crippen molar-refractivity contribution in [2.75, 3.05) is 26.3 Å². The van der Waals surface area contributed by atoms with E-state index in [1.165, 1.54) is 0 Å². The fourth-order valence-corrected chi connectivity index (χ4v) is 1.73. The summed E-state index contributed by atoms with van der Waals surface area (Å²) in [5.74, 6) is 1.09. The van der Waals surface area contributed by atoms with Gasteiger partial charge in [-0.25, -0.2) is 0 Å². The molecule has 3 N–H and O–H groups in total. The predicted octanol–water partition coefficient (Wildman–Crippen LogP) is 1.69. The van der Waals surface area contributed by atoms with Crippen LogP contribution in [-0.4, -0.2) is 42.6 Å². The number of nitrogens with one attached hydrogen (secondary N) is 1. The molecule has 0 spiro atoms. The van der Waals surface area contributed by atoms with Crippen molar-refractivity contribution in [2.45, 2.75) is 19.4 Å². The van der Waals surface area contributed by atoms with Crippen LogP contribution in [0.1, 0.15) is 13.3 Å². The van der Waals surface area contributed by atoms with Gasteiger partial charge in [0.2, 0.25) is 0 Å². The molecule has 1 aromatic carbocycles. The molecule has 5 heteroatoms. The maximum atomic E-state index is 9.74. The highest BCUT2D eigenvalue weighted by atomic mass is 35.5. The van der Waals surface area contributed by atoms with Gasteiger partial charge in [0.1, 0.15) is 18.5 Å². The fourth-order valence-electron chi connectivity index (χ4n) is 1.60.